The standard InChI is InChI=1S/C12H17NO5S/c1-8-3-6-11(18-8)7-13(10-4-5-10)19(16,17)9(2)12(14)15/h3,6,9-10H,4-5,7H2,1-2H3,(H,14,15). The van der Waals surface area contributed by atoms with Gasteiger partial charge in [0, 0.05) is 6.04 Å². The largest absolute Gasteiger partial charge is 0.480 e. The molecule has 1 aliphatic carbocycles. The predicted molar refractivity (Wildman–Crippen MR) is 68.0 cm³/mol. The highest BCUT2D eigenvalue weighted by atomic mass is 32.2. The zero-order valence-corrected chi connectivity index (χ0v) is 11.7. The van der Waals surface area contributed by atoms with Crippen molar-refractivity contribution in [2.45, 2.75) is 44.5 Å². The topological polar surface area (TPSA) is 87.8 Å². The Kier molecular flexibility index (Phi) is 3.69. The maximum Gasteiger partial charge on any atom is 0.323 e. The number of carbonyl (C=O) groups is 1. The number of nitrogens with zero attached hydrogens (tertiary/aromatic N) is 1. The van der Waals surface area contributed by atoms with Crippen molar-refractivity contribution in [1.82, 2.24) is 4.31 Å². The molecule has 6 nitrogen and oxygen atoms in total. The molecule has 0 saturated heterocycles. The van der Waals surface area contributed by atoms with E-state index in [0.29, 0.717) is 11.5 Å². The Morgan fingerprint density at radius 3 is 2.58 bits per heavy atom. The fourth-order valence-electron chi connectivity index (χ4n) is 1.84. The van der Waals surface area contributed by atoms with E-state index in [2.05, 4.69) is 0 Å². The first-order valence-corrected chi connectivity index (χ1v) is 7.61. The first-order chi connectivity index (χ1) is 8.82. The zero-order valence-electron chi connectivity index (χ0n) is 10.9. The molecule has 106 valence electrons. The van der Waals surface area contributed by atoms with Crippen molar-refractivity contribution >= 4 is 16.0 Å². The molecular weight excluding hydrogens is 270 g/mol. The van der Waals surface area contributed by atoms with Gasteiger partial charge < -0.3 is 9.52 Å². The molecule has 1 heterocycles. The maximum atomic E-state index is 12.3. The van der Waals surface area contributed by atoms with Crippen LogP contribution in [0.3, 0.4) is 0 Å². The van der Waals surface area contributed by atoms with Gasteiger partial charge in [-0.1, -0.05) is 0 Å². The van der Waals surface area contributed by atoms with Crippen LogP contribution in [0.4, 0.5) is 0 Å². The van der Waals surface area contributed by atoms with Crippen LogP contribution < -0.4 is 0 Å². The lowest BCUT2D eigenvalue weighted by Gasteiger charge is -2.23. The van der Waals surface area contributed by atoms with Crippen molar-refractivity contribution in [3.8, 4) is 0 Å². The number of hydrogen-bond donors (Lipinski definition) is 1. The van der Waals surface area contributed by atoms with Crippen LogP contribution in [0.2, 0.25) is 0 Å². The summed E-state index contributed by atoms with van der Waals surface area (Å²) < 4.78 is 31.2. The van der Waals surface area contributed by atoms with E-state index in [4.69, 9.17) is 9.52 Å². The summed E-state index contributed by atoms with van der Waals surface area (Å²) in [6, 6.07) is 3.37. The number of hydrogen-bond acceptors (Lipinski definition) is 4. The van der Waals surface area contributed by atoms with Gasteiger partial charge in [-0.25, -0.2) is 8.42 Å². The summed E-state index contributed by atoms with van der Waals surface area (Å²) in [7, 11) is -3.85. The van der Waals surface area contributed by atoms with E-state index in [9.17, 15) is 13.2 Å². The molecule has 0 radical (unpaired) electrons. The normalized spacial score (nSPS) is 17.6. The molecule has 1 fully saturated rings. The first kappa shape index (κ1) is 14.1. The minimum Gasteiger partial charge on any atom is -0.480 e. The monoisotopic (exact) mass is 287 g/mol. The third kappa shape index (κ3) is 2.98. The average molecular weight is 287 g/mol. The van der Waals surface area contributed by atoms with Gasteiger partial charge in [0.15, 0.2) is 5.25 Å². The summed E-state index contributed by atoms with van der Waals surface area (Å²) in [5, 5.41) is 7.47. The number of furan rings is 1. The molecule has 1 aromatic heterocycles. The molecule has 0 aromatic carbocycles. The van der Waals surface area contributed by atoms with E-state index in [0.717, 1.165) is 12.8 Å². The smallest absolute Gasteiger partial charge is 0.323 e. The molecule has 1 aliphatic rings. The van der Waals surface area contributed by atoms with E-state index in [1.165, 1.54) is 11.2 Å². The van der Waals surface area contributed by atoms with Crippen LogP contribution in [-0.2, 0) is 21.4 Å². The van der Waals surface area contributed by atoms with Crippen LogP contribution in [0.15, 0.2) is 16.5 Å². The second-order valence-corrected chi connectivity index (χ2v) is 7.02. The second kappa shape index (κ2) is 4.97. The van der Waals surface area contributed by atoms with Gasteiger partial charge in [0.05, 0.1) is 6.54 Å². The van der Waals surface area contributed by atoms with E-state index in [1.54, 1.807) is 19.1 Å². The molecule has 1 aromatic rings. The summed E-state index contributed by atoms with van der Waals surface area (Å²) in [6.45, 7) is 3.07. The highest BCUT2D eigenvalue weighted by Crippen LogP contribution is 2.32. The van der Waals surface area contributed by atoms with E-state index < -0.39 is 21.2 Å². The van der Waals surface area contributed by atoms with Gasteiger partial charge >= 0.3 is 5.97 Å². The van der Waals surface area contributed by atoms with E-state index >= 15 is 0 Å². The third-order valence-electron chi connectivity index (χ3n) is 3.18. The summed E-state index contributed by atoms with van der Waals surface area (Å²) in [4.78, 5) is 10.9. The molecule has 0 amide bonds. The molecule has 2 rings (SSSR count). The fourth-order valence-corrected chi connectivity index (χ4v) is 3.44. The lowest BCUT2D eigenvalue weighted by molar-refractivity contribution is -0.136. The number of carboxylic acid groups (broad SMARTS) is 1. The quantitative estimate of drug-likeness (QED) is 0.853. The van der Waals surface area contributed by atoms with Crippen molar-refractivity contribution in [3.05, 3.63) is 23.7 Å². The summed E-state index contributed by atoms with van der Waals surface area (Å²) in [5.41, 5.74) is 0. The second-order valence-electron chi connectivity index (χ2n) is 4.81. The third-order valence-corrected chi connectivity index (χ3v) is 5.36. The van der Waals surface area contributed by atoms with Crippen LogP contribution in [0.25, 0.3) is 0 Å². The van der Waals surface area contributed by atoms with E-state index in [1.807, 2.05) is 0 Å². The average Bonchev–Trinajstić information content (AvgIpc) is 3.08. The molecule has 0 spiro atoms. The molecule has 1 unspecified atom stereocenters. The Bertz CT molecular complexity index is 573. The number of carboxylic acids is 1. The number of rotatable bonds is 6. The molecule has 7 heteroatoms. The lowest BCUT2D eigenvalue weighted by Crippen LogP contribution is -2.41. The fraction of sp³-hybridized carbons (Fsp3) is 0.583. The molecule has 1 atom stereocenters. The van der Waals surface area contributed by atoms with Crippen LogP contribution in [0, 0.1) is 6.92 Å². The Labute approximate surface area is 112 Å². The number of aryl methyl sites for hydroxylation is 1. The van der Waals surface area contributed by atoms with Crippen molar-refractivity contribution in [3.63, 3.8) is 0 Å². The van der Waals surface area contributed by atoms with Gasteiger partial charge in [0.25, 0.3) is 0 Å². The van der Waals surface area contributed by atoms with Crippen molar-refractivity contribution < 1.29 is 22.7 Å². The van der Waals surface area contributed by atoms with Crippen molar-refractivity contribution in [2.75, 3.05) is 0 Å². The zero-order chi connectivity index (χ0) is 14.2. The van der Waals surface area contributed by atoms with Gasteiger partial charge in [-0.05, 0) is 38.8 Å². The van der Waals surface area contributed by atoms with Crippen molar-refractivity contribution in [2.24, 2.45) is 0 Å². The lowest BCUT2D eigenvalue weighted by atomic mass is 10.4. The molecule has 1 N–H and O–H groups in total. The van der Waals surface area contributed by atoms with Gasteiger partial charge in [-0.15, -0.1) is 0 Å². The predicted octanol–water partition coefficient (Wildman–Crippen LogP) is 1.36. The van der Waals surface area contributed by atoms with Gasteiger partial charge in [0.2, 0.25) is 10.0 Å². The Balaban J connectivity index is 2.23. The molecule has 1 saturated carbocycles. The first-order valence-electron chi connectivity index (χ1n) is 6.11. The van der Waals surface area contributed by atoms with Crippen LogP contribution in [0.1, 0.15) is 31.3 Å². The van der Waals surface area contributed by atoms with Gasteiger partial charge in [-0.3, -0.25) is 4.79 Å². The van der Waals surface area contributed by atoms with Crippen molar-refractivity contribution in [1.29, 1.82) is 0 Å². The number of sulfonamides is 1. The summed E-state index contributed by atoms with van der Waals surface area (Å²) in [6.07, 6.45) is 1.54. The molecule has 19 heavy (non-hydrogen) atoms. The Hall–Kier alpha value is -1.34. The Morgan fingerprint density at radius 1 is 1.53 bits per heavy atom. The summed E-state index contributed by atoms with van der Waals surface area (Å²) >= 11 is 0. The molecule has 0 aliphatic heterocycles. The highest BCUT2D eigenvalue weighted by molar-refractivity contribution is 7.90. The van der Waals surface area contributed by atoms with E-state index in [-0.39, 0.29) is 12.6 Å². The van der Waals surface area contributed by atoms with Crippen LogP contribution in [0.5, 0.6) is 0 Å². The maximum absolute atomic E-state index is 12.3. The van der Waals surface area contributed by atoms with Gasteiger partial charge in [-0.2, -0.15) is 4.31 Å². The van der Waals surface area contributed by atoms with Crippen LogP contribution in [-0.4, -0.2) is 35.1 Å². The molecular formula is C12H17NO5S. The SMILES string of the molecule is Cc1ccc(CN(C2CC2)S(=O)(=O)C(C)C(=O)O)o1. The summed E-state index contributed by atoms with van der Waals surface area (Å²) in [5.74, 6) is -0.0960. The minimum atomic E-state index is -3.85. The van der Waals surface area contributed by atoms with Gasteiger partial charge in [0.1, 0.15) is 11.5 Å². The number of aliphatic carboxylic acids is 1. The van der Waals surface area contributed by atoms with Crippen LogP contribution >= 0.6 is 0 Å². The molecule has 0 bridgehead atoms. The Morgan fingerprint density at radius 2 is 2.16 bits per heavy atom. The highest BCUT2D eigenvalue weighted by Gasteiger charge is 2.42. The minimum absolute atomic E-state index is 0.0957.